The molecule has 0 aromatic heterocycles. The van der Waals surface area contributed by atoms with E-state index in [2.05, 4.69) is 5.32 Å². The van der Waals surface area contributed by atoms with Crippen molar-refractivity contribution < 1.29 is 9.84 Å². The first-order valence-electron chi connectivity index (χ1n) is 6.13. The predicted octanol–water partition coefficient (Wildman–Crippen LogP) is 4.06. The highest BCUT2D eigenvalue weighted by Crippen LogP contribution is 2.26. The number of nitrogens with one attached hydrogen (secondary N) is 1. The number of hydrogen-bond donors (Lipinski definition) is 2. The number of anilines is 1. The Morgan fingerprint density at radius 2 is 1.89 bits per heavy atom. The zero-order valence-electron chi connectivity index (χ0n) is 10.7. The molecule has 2 aromatic carbocycles. The van der Waals surface area contributed by atoms with E-state index in [0.717, 1.165) is 11.3 Å². The molecule has 0 radical (unpaired) electrons. The maximum absolute atomic E-state index is 9.20. The largest absolute Gasteiger partial charge is 0.508 e. The molecule has 2 rings (SSSR count). The first-order chi connectivity index (χ1) is 9.19. The van der Waals surface area contributed by atoms with Crippen molar-refractivity contribution in [2.24, 2.45) is 0 Å². The lowest BCUT2D eigenvalue weighted by Gasteiger charge is -2.09. The number of rotatable bonds is 5. The van der Waals surface area contributed by atoms with E-state index in [0.29, 0.717) is 23.9 Å². The highest BCUT2D eigenvalue weighted by molar-refractivity contribution is 6.32. The van der Waals surface area contributed by atoms with Crippen LogP contribution in [0.2, 0.25) is 5.02 Å². The van der Waals surface area contributed by atoms with Gasteiger partial charge in [-0.15, -0.1) is 0 Å². The lowest BCUT2D eigenvalue weighted by Crippen LogP contribution is -2.00. The molecule has 0 atom stereocenters. The van der Waals surface area contributed by atoms with Crippen molar-refractivity contribution in [3.05, 3.63) is 53.1 Å². The topological polar surface area (TPSA) is 41.5 Å². The van der Waals surface area contributed by atoms with E-state index in [1.165, 1.54) is 0 Å². The molecule has 0 spiro atoms. The smallest absolute Gasteiger partial charge is 0.137 e. The fraction of sp³-hybridized carbons (Fsp3) is 0.200. The number of ether oxygens (including phenoxy) is 1. The van der Waals surface area contributed by atoms with Crippen LogP contribution < -0.4 is 10.1 Å². The molecule has 0 unspecified atom stereocenters. The van der Waals surface area contributed by atoms with Crippen LogP contribution in [0.3, 0.4) is 0 Å². The summed E-state index contributed by atoms with van der Waals surface area (Å²) in [7, 11) is 0. The quantitative estimate of drug-likeness (QED) is 0.810. The summed E-state index contributed by atoms with van der Waals surface area (Å²) >= 11 is 6.12. The summed E-state index contributed by atoms with van der Waals surface area (Å²) < 4.78 is 5.39. The summed E-state index contributed by atoms with van der Waals surface area (Å²) in [4.78, 5) is 0. The van der Waals surface area contributed by atoms with Gasteiger partial charge in [-0.05, 0) is 48.9 Å². The van der Waals surface area contributed by atoms with Gasteiger partial charge in [-0.3, -0.25) is 0 Å². The third-order valence-electron chi connectivity index (χ3n) is 2.66. The molecule has 0 aliphatic rings. The molecule has 4 heteroatoms. The fourth-order valence-corrected chi connectivity index (χ4v) is 1.97. The van der Waals surface area contributed by atoms with Crippen molar-refractivity contribution >= 4 is 17.3 Å². The molecule has 0 aliphatic carbocycles. The van der Waals surface area contributed by atoms with Gasteiger partial charge in [0.25, 0.3) is 0 Å². The van der Waals surface area contributed by atoms with Gasteiger partial charge in [0.05, 0.1) is 11.6 Å². The van der Waals surface area contributed by atoms with Gasteiger partial charge < -0.3 is 15.2 Å². The molecular formula is C15H16ClNO2. The van der Waals surface area contributed by atoms with Crippen LogP contribution >= 0.6 is 11.6 Å². The van der Waals surface area contributed by atoms with Crippen LogP contribution in [0, 0.1) is 0 Å². The lowest BCUT2D eigenvalue weighted by atomic mass is 10.2. The Morgan fingerprint density at radius 3 is 2.53 bits per heavy atom. The van der Waals surface area contributed by atoms with Crippen LogP contribution in [0.1, 0.15) is 12.5 Å². The van der Waals surface area contributed by atoms with E-state index in [1.54, 1.807) is 12.1 Å². The molecule has 0 saturated carbocycles. The Labute approximate surface area is 117 Å². The van der Waals surface area contributed by atoms with Gasteiger partial charge in [0.2, 0.25) is 0 Å². The Bertz CT molecular complexity index is 540. The van der Waals surface area contributed by atoms with E-state index in [4.69, 9.17) is 16.3 Å². The lowest BCUT2D eigenvalue weighted by molar-refractivity contribution is 0.340. The highest BCUT2D eigenvalue weighted by atomic mass is 35.5. The molecule has 0 fully saturated rings. The summed E-state index contributed by atoms with van der Waals surface area (Å²) in [6.07, 6.45) is 0. The van der Waals surface area contributed by atoms with E-state index >= 15 is 0 Å². The zero-order valence-corrected chi connectivity index (χ0v) is 11.4. The second-order valence-electron chi connectivity index (χ2n) is 4.10. The molecular weight excluding hydrogens is 262 g/mol. The first kappa shape index (κ1) is 13.6. The number of halogens is 1. The Morgan fingerprint density at radius 1 is 1.16 bits per heavy atom. The van der Waals surface area contributed by atoms with E-state index in [1.807, 2.05) is 37.3 Å². The van der Waals surface area contributed by atoms with Gasteiger partial charge in [0, 0.05) is 12.2 Å². The minimum atomic E-state index is 0.259. The van der Waals surface area contributed by atoms with Crippen LogP contribution in [0.15, 0.2) is 42.5 Å². The number of benzene rings is 2. The predicted molar refractivity (Wildman–Crippen MR) is 78.1 cm³/mol. The average Bonchev–Trinajstić information content (AvgIpc) is 2.41. The van der Waals surface area contributed by atoms with Crippen LogP contribution in [-0.2, 0) is 6.54 Å². The van der Waals surface area contributed by atoms with E-state index in [9.17, 15) is 5.11 Å². The Kier molecular flexibility index (Phi) is 4.53. The van der Waals surface area contributed by atoms with Gasteiger partial charge in [-0.1, -0.05) is 17.7 Å². The van der Waals surface area contributed by atoms with Crippen molar-refractivity contribution in [3.63, 3.8) is 0 Å². The minimum Gasteiger partial charge on any atom is -0.508 e. The summed E-state index contributed by atoms with van der Waals surface area (Å²) in [5.74, 6) is 0.965. The molecule has 0 bridgehead atoms. The molecule has 2 N–H and O–H groups in total. The van der Waals surface area contributed by atoms with Crippen LogP contribution in [0.5, 0.6) is 11.5 Å². The number of aromatic hydroxyl groups is 1. The van der Waals surface area contributed by atoms with Crippen molar-refractivity contribution in [1.29, 1.82) is 0 Å². The average molecular weight is 278 g/mol. The van der Waals surface area contributed by atoms with Gasteiger partial charge in [-0.2, -0.15) is 0 Å². The second kappa shape index (κ2) is 6.34. The zero-order chi connectivity index (χ0) is 13.7. The van der Waals surface area contributed by atoms with Gasteiger partial charge in [0.1, 0.15) is 11.5 Å². The molecule has 0 saturated heterocycles. The molecule has 19 heavy (non-hydrogen) atoms. The van der Waals surface area contributed by atoms with Crippen molar-refractivity contribution in [1.82, 2.24) is 0 Å². The molecule has 100 valence electrons. The van der Waals surface area contributed by atoms with Crippen LogP contribution in [0.4, 0.5) is 5.69 Å². The maximum atomic E-state index is 9.20. The number of hydrogen-bond acceptors (Lipinski definition) is 3. The first-order valence-corrected chi connectivity index (χ1v) is 6.51. The third kappa shape index (κ3) is 3.80. The molecule has 2 aromatic rings. The summed E-state index contributed by atoms with van der Waals surface area (Å²) in [6.45, 7) is 3.19. The normalized spacial score (nSPS) is 10.2. The second-order valence-corrected chi connectivity index (χ2v) is 4.51. The van der Waals surface area contributed by atoms with E-state index < -0.39 is 0 Å². The summed E-state index contributed by atoms with van der Waals surface area (Å²) in [5.41, 5.74) is 2.02. The number of phenols is 1. The van der Waals surface area contributed by atoms with Crippen molar-refractivity contribution in [2.75, 3.05) is 11.9 Å². The van der Waals surface area contributed by atoms with Crippen molar-refractivity contribution in [3.8, 4) is 11.5 Å². The monoisotopic (exact) mass is 277 g/mol. The summed E-state index contributed by atoms with van der Waals surface area (Å²) in [5, 5.41) is 13.1. The highest BCUT2D eigenvalue weighted by Gasteiger charge is 2.02. The SMILES string of the molecule is CCOc1ccc(CNc2ccc(O)cc2)cc1Cl. The Hall–Kier alpha value is -1.87. The molecule has 3 nitrogen and oxygen atoms in total. The molecule has 0 heterocycles. The molecule has 0 amide bonds. The minimum absolute atomic E-state index is 0.259. The van der Waals surface area contributed by atoms with E-state index in [-0.39, 0.29) is 5.75 Å². The van der Waals surface area contributed by atoms with Crippen molar-refractivity contribution in [2.45, 2.75) is 13.5 Å². The maximum Gasteiger partial charge on any atom is 0.137 e. The summed E-state index contributed by atoms with van der Waals surface area (Å²) in [6, 6.07) is 12.7. The van der Waals surface area contributed by atoms with Crippen LogP contribution in [-0.4, -0.2) is 11.7 Å². The standard InChI is InChI=1S/C15H16ClNO2/c1-2-19-15-8-3-11(9-14(15)16)10-17-12-4-6-13(18)7-5-12/h3-9,17-18H,2,10H2,1H3. The Balaban J connectivity index is 1.99. The fourth-order valence-electron chi connectivity index (χ4n) is 1.71. The third-order valence-corrected chi connectivity index (χ3v) is 2.96. The van der Waals surface area contributed by atoms with Gasteiger partial charge >= 0.3 is 0 Å². The molecule has 0 aliphatic heterocycles. The van der Waals surface area contributed by atoms with Gasteiger partial charge in [-0.25, -0.2) is 0 Å². The number of phenolic OH excluding ortho intramolecular Hbond substituents is 1. The van der Waals surface area contributed by atoms with Gasteiger partial charge in [0.15, 0.2) is 0 Å². The van der Waals surface area contributed by atoms with Crippen LogP contribution in [0.25, 0.3) is 0 Å².